The number of nitrogens with zero attached hydrogens (tertiary/aromatic N) is 4. The van der Waals surface area contributed by atoms with Crippen molar-refractivity contribution in [2.24, 2.45) is 0 Å². The summed E-state index contributed by atoms with van der Waals surface area (Å²) in [6, 6.07) is 6.11. The van der Waals surface area contributed by atoms with Gasteiger partial charge in [-0.25, -0.2) is 9.97 Å². The summed E-state index contributed by atoms with van der Waals surface area (Å²) in [5, 5.41) is 2.36. The van der Waals surface area contributed by atoms with E-state index in [4.69, 9.17) is 12.6 Å². The predicted molar refractivity (Wildman–Crippen MR) is 129 cm³/mol. The summed E-state index contributed by atoms with van der Waals surface area (Å²) < 4.78 is 0. The summed E-state index contributed by atoms with van der Waals surface area (Å²) in [5.41, 5.74) is 4.95. The summed E-state index contributed by atoms with van der Waals surface area (Å²) >= 11 is 4.85. The van der Waals surface area contributed by atoms with E-state index >= 15 is 0 Å². The Bertz CT molecular complexity index is 1040. The van der Waals surface area contributed by atoms with Gasteiger partial charge in [0.15, 0.2) is 0 Å². The molecule has 0 aliphatic carbocycles. The van der Waals surface area contributed by atoms with E-state index in [9.17, 15) is 9.59 Å². The molecule has 2 saturated heterocycles. The van der Waals surface area contributed by atoms with Gasteiger partial charge in [-0.15, -0.1) is 0 Å². The van der Waals surface area contributed by atoms with Crippen LogP contribution in [-0.2, 0) is 29.1 Å². The number of amides is 2. The normalized spacial score (nSPS) is 24.7. The maximum Gasteiger partial charge on any atom is 0.243 e. The molecule has 3 aliphatic rings. The third-order valence-electron chi connectivity index (χ3n) is 7.33. The number of thiol groups is 1. The van der Waals surface area contributed by atoms with Crippen molar-refractivity contribution in [2.75, 3.05) is 13.1 Å². The number of carbonyl (C=O) groups is 2. The second-order valence-corrected chi connectivity index (χ2v) is 9.84. The summed E-state index contributed by atoms with van der Waals surface area (Å²) in [6.45, 7) is 5.76. The summed E-state index contributed by atoms with van der Waals surface area (Å²) in [4.78, 5) is 37.9. The van der Waals surface area contributed by atoms with Crippen LogP contribution < -0.4 is 5.32 Å². The number of rotatable bonds is 5. The highest BCUT2D eigenvalue weighted by molar-refractivity contribution is 7.80. The van der Waals surface area contributed by atoms with Crippen molar-refractivity contribution in [1.29, 1.82) is 0 Å². The molecule has 1 N–H and O–H groups in total. The van der Waals surface area contributed by atoms with E-state index < -0.39 is 0 Å². The molecule has 33 heavy (non-hydrogen) atoms. The van der Waals surface area contributed by atoms with Crippen molar-refractivity contribution in [3.63, 3.8) is 0 Å². The lowest BCUT2D eigenvalue weighted by Gasteiger charge is -2.32. The lowest BCUT2D eigenvalue weighted by molar-refractivity contribution is -0.137. The van der Waals surface area contributed by atoms with Crippen molar-refractivity contribution in [1.82, 2.24) is 25.1 Å². The Balaban J connectivity index is 1.24. The number of hydrogen-bond donors (Lipinski definition) is 2. The molecule has 1 aromatic heterocycles. The van der Waals surface area contributed by atoms with Crippen molar-refractivity contribution < 1.29 is 9.59 Å². The first kappa shape index (κ1) is 22.5. The molecule has 2 unspecified atom stereocenters. The van der Waals surface area contributed by atoms with Gasteiger partial charge in [-0.1, -0.05) is 25.1 Å². The number of piperidine rings is 2. The van der Waals surface area contributed by atoms with Crippen LogP contribution in [0.1, 0.15) is 72.0 Å². The molecule has 4 heterocycles. The van der Waals surface area contributed by atoms with Crippen LogP contribution in [0.3, 0.4) is 0 Å². The third kappa shape index (κ3) is 4.56. The SMILES string of the molecule is CCc1cnc(C2CCN(Cc3cccc4c3CN(C3CCC(=O)NC3=O)C4S)CC2)nc1. The highest BCUT2D eigenvalue weighted by atomic mass is 32.1. The molecule has 2 atom stereocenters. The van der Waals surface area contributed by atoms with Gasteiger partial charge >= 0.3 is 0 Å². The molecule has 1 aromatic carbocycles. The molecule has 0 spiro atoms. The van der Waals surface area contributed by atoms with E-state index in [0.29, 0.717) is 25.3 Å². The van der Waals surface area contributed by atoms with Gasteiger partial charge in [0.25, 0.3) is 0 Å². The highest BCUT2D eigenvalue weighted by Crippen LogP contribution is 2.41. The maximum atomic E-state index is 12.4. The zero-order chi connectivity index (χ0) is 22.9. The Hall–Kier alpha value is -2.29. The molecular formula is C25H31N5O2S. The van der Waals surface area contributed by atoms with Gasteiger partial charge in [0.05, 0.1) is 11.4 Å². The number of nitrogens with one attached hydrogen (secondary N) is 1. The van der Waals surface area contributed by atoms with Gasteiger partial charge in [-0.2, -0.15) is 12.6 Å². The van der Waals surface area contributed by atoms with E-state index in [1.54, 1.807) is 0 Å². The second kappa shape index (κ2) is 9.52. The molecular weight excluding hydrogens is 434 g/mol. The van der Waals surface area contributed by atoms with Crippen LogP contribution in [0, 0.1) is 0 Å². The Morgan fingerprint density at radius 3 is 2.58 bits per heavy atom. The second-order valence-electron chi connectivity index (χ2n) is 9.35. The topological polar surface area (TPSA) is 78.4 Å². The fourth-order valence-corrected chi connectivity index (χ4v) is 5.80. The molecule has 2 amide bonds. The van der Waals surface area contributed by atoms with Gasteiger partial charge in [-0.05, 0) is 61.0 Å². The molecule has 8 heteroatoms. The minimum absolute atomic E-state index is 0.127. The van der Waals surface area contributed by atoms with Gasteiger partial charge in [0, 0.05) is 37.8 Å². The van der Waals surface area contributed by atoms with Crippen molar-refractivity contribution in [3.8, 4) is 0 Å². The van der Waals surface area contributed by atoms with Crippen molar-refractivity contribution in [2.45, 2.75) is 69.5 Å². The van der Waals surface area contributed by atoms with Gasteiger partial charge in [0.2, 0.25) is 11.8 Å². The Kier molecular flexibility index (Phi) is 6.49. The first-order chi connectivity index (χ1) is 16.0. The minimum atomic E-state index is -0.305. The summed E-state index contributed by atoms with van der Waals surface area (Å²) in [6.07, 6.45) is 7.97. The van der Waals surface area contributed by atoms with E-state index in [-0.39, 0.29) is 23.2 Å². The van der Waals surface area contributed by atoms with E-state index in [1.807, 2.05) is 12.4 Å². The number of likely N-dealkylation sites (tertiary alicyclic amines) is 1. The molecule has 2 aromatic rings. The summed E-state index contributed by atoms with van der Waals surface area (Å²) in [7, 11) is 0. The van der Waals surface area contributed by atoms with Crippen molar-refractivity contribution in [3.05, 3.63) is 58.7 Å². The van der Waals surface area contributed by atoms with Crippen LogP contribution in [-0.4, -0.2) is 50.7 Å². The predicted octanol–water partition coefficient (Wildman–Crippen LogP) is 2.97. The Morgan fingerprint density at radius 1 is 1.12 bits per heavy atom. The molecule has 7 nitrogen and oxygen atoms in total. The van der Waals surface area contributed by atoms with Crippen LogP contribution in [0.2, 0.25) is 0 Å². The third-order valence-corrected chi connectivity index (χ3v) is 7.91. The largest absolute Gasteiger partial charge is 0.299 e. The molecule has 2 fully saturated rings. The standard InChI is InChI=1S/C25H31N5O2S/c1-2-16-12-26-23(27-13-16)17-8-10-29(11-9-17)14-18-4-3-5-19-20(18)15-30(25(19)33)21-6-7-22(31)28-24(21)32/h3-5,12-13,17,21,25,33H,2,6-11,14-15H2,1H3,(H,28,31,32). The van der Waals surface area contributed by atoms with Crippen LogP contribution in [0.4, 0.5) is 0 Å². The average Bonchev–Trinajstić information content (AvgIpc) is 3.17. The van der Waals surface area contributed by atoms with E-state index in [0.717, 1.165) is 44.7 Å². The van der Waals surface area contributed by atoms with Gasteiger partial charge in [-0.3, -0.25) is 24.7 Å². The van der Waals surface area contributed by atoms with Crippen molar-refractivity contribution >= 4 is 24.4 Å². The number of carbonyl (C=O) groups excluding carboxylic acids is 2. The first-order valence-corrected chi connectivity index (χ1v) is 12.5. The van der Waals surface area contributed by atoms with E-state index in [2.05, 4.69) is 50.2 Å². The molecule has 3 aliphatic heterocycles. The quantitative estimate of drug-likeness (QED) is 0.522. The lowest BCUT2D eigenvalue weighted by atomic mass is 9.95. The molecule has 0 bridgehead atoms. The lowest BCUT2D eigenvalue weighted by Crippen LogP contribution is -2.51. The number of aromatic nitrogens is 2. The summed E-state index contributed by atoms with van der Waals surface area (Å²) in [5.74, 6) is 1.03. The van der Waals surface area contributed by atoms with E-state index in [1.165, 1.54) is 22.3 Å². The smallest absolute Gasteiger partial charge is 0.243 e. The van der Waals surface area contributed by atoms with Gasteiger partial charge < -0.3 is 0 Å². The molecule has 174 valence electrons. The molecule has 0 radical (unpaired) electrons. The number of fused-ring (bicyclic) bond motifs is 1. The Labute approximate surface area is 200 Å². The van der Waals surface area contributed by atoms with Crippen LogP contribution in [0.25, 0.3) is 0 Å². The highest BCUT2D eigenvalue weighted by Gasteiger charge is 2.39. The number of benzene rings is 1. The number of imide groups is 1. The maximum absolute atomic E-state index is 12.4. The molecule has 5 rings (SSSR count). The fourth-order valence-electron chi connectivity index (χ4n) is 5.31. The zero-order valence-corrected chi connectivity index (χ0v) is 19.9. The van der Waals surface area contributed by atoms with Crippen LogP contribution in [0.5, 0.6) is 0 Å². The van der Waals surface area contributed by atoms with Gasteiger partial charge in [0.1, 0.15) is 5.82 Å². The number of aryl methyl sites for hydroxylation is 1. The fraction of sp³-hybridized carbons (Fsp3) is 0.520. The average molecular weight is 466 g/mol. The first-order valence-electron chi connectivity index (χ1n) is 11.9. The number of hydrogen-bond acceptors (Lipinski definition) is 7. The minimum Gasteiger partial charge on any atom is -0.299 e. The monoisotopic (exact) mass is 465 g/mol. The van der Waals surface area contributed by atoms with Crippen LogP contribution >= 0.6 is 12.6 Å². The zero-order valence-electron chi connectivity index (χ0n) is 19.0. The molecule has 0 saturated carbocycles. The van der Waals surface area contributed by atoms with Crippen LogP contribution in [0.15, 0.2) is 30.6 Å². The Morgan fingerprint density at radius 2 is 1.88 bits per heavy atom.